The zero-order valence-corrected chi connectivity index (χ0v) is 21.5. The third-order valence-corrected chi connectivity index (χ3v) is 5.62. The largest absolute Gasteiger partial charge is 0.466 e. The molecule has 0 saturated heterocycles. The molecule has 0 aliphatic heterocycles. The van der Waals surface area contributed by atoms with E-state index in [0.29, 0.717) is 11.9 Å². The fraction of sp³-hybridized carbons (Fsp3) is 0.842. The van der Waals surface area contributed by atoms with Crippen LogP contribution in [0.2, 0.25) is 0 Å². The van der Waals surface area contributed by atoms with Gasteiger partial charge in [-0.3, -0.25) is 18.9 Å². The Morgan fingerprint density at radius 1 is 0.733 bits per heavy atom. The van der Waals surface area contributed by atoms with Gasteiger partial charge >= 0.3 is 25.5 Å². The van der Waals surface area contributed by atoms with Gasteiger partial charge in [0.25, 0.3) is 0 Å². The fourth-order valence-electron chi connectivity index (χ4n) is 1.58. The summed E-state index contributed by atoms with van der Waals surface area (Å²) in [4.78, 5) is 33.5. The number of rotatable bonds is 13. The van der Waals surface area contributed by atoms with Crippen molar-refractivity contribution in [3.05, 3.63) is 0 Å². The van der Waals surface area contributed by atoms with Crippen molar-refractivity contribution >= 4 is 41.4 Å². The Balaban J connectivity index is 0. The summed E-state index contributed by atoms with van der Waals surface area (Å²) in [5.74, 6) is -2.07. The minimum absolute atomic E-state index is 0.0232. The molecule has 0 spiro atoms. The number of ether oxygens (including phenoxy) is 3. The molecule has 0 aliphatic carbocycles. The SMILES string of the molecule is CCOC(=O)C(C)CBr.CCOC(=O)C(C)COP(C)(=O)OCC(C)C(=O)OCC. The Kier molecular flexibility index (Phi) is 18.4. The summed E-state index contributed by atoms with van der Waals surface area (Å²) in [6.45, 7) is 12.4. The molecule has 0 rings (SSSR count). The van der Waals surface area contributed by atoms with Crippen molar-refractivity contribution in [3.63, 3.8) is 0 Å². The third kappa shape index (κ3) is 15.8. The zero-order valence-electron chi connectivity index (χ0n) is 19.0. The predicted molar refractivity (Wildman–Crippen MR) is 117 cm³/mol. The lowest BCUT2D eigenvalue weighted by Gasteiger charge is -2.18. The van der Waals surface area contributed by atoms with E-state index < -0.39 is 31.4 Å². The highest BCUT2D eigenvalue weighted by Gasteiger charge is 2.24. The molecule has 0 N–H and O–H groups in total. The van der Waals surface area contributed by atoms with Gasteiger partial charge in [-0.15, -0.1) is 0 Å². The molecule has 9 nitrogen and oxygen atoms in total. The summed E-state index contributed by atoms with van der Waals surface area (Å²) < 4.78 is 36.6. The lowest BCUT2D eigenvalue weighted by atomic mass is 10.2. The Hall–Kier alpha value is -0.960. The van der Waals surface area contributed by atoms with E-state index in [1.165, 1.54) is 6.66 Å². The van der Waals surface area contributed by atoms with Gasteiger partial charge in [-0.2, -0.15) is 0 Å². The average Bonchev–Trinajstić information content (AvgIpc) is 2.70. The van der Waals surface area contributed by atoms with Gasteiger partial charge in [-0.25, -0.2) is 0 Å². The van der Waals surface area contributed by atoms with Crippen molar-refractivity contribution in [2.45, 2.75) is 41.5 Å². The second-order valence-electron chi connectivity index (χ2n) is 6.48. The molecule has 0 amide bonds. The highest BCUT2D eigenvalue weighted by atomic mass is 79.9. The lowest BCUT2D eigenvalue weighted by Crippen LogP contribution is -2.21. The van der Waals surface area contributed by atoms with E-state index in [4.69, 9.17) is 23.3 Å². The number of hydrogen-bond acceptors (Lipinski definition) is 9. The van der Waals surface area contributed by atoms with Gasteiger partial charge in [-0.1, -0.05) is 22.9 Å². The first-order chi connectivity index (χ1) is 13.9. The molecule has 0 fully saturated rings. The molecule has 3 unspecified atom stereocenters. The Labute approximate surface area is 188 Å². The van der Waals surface area contributed by atoms with Crippen molar-refractivity contribution in [2.75, 3.05) is 45.0 Å². The van der Waals surface area contributed by atoms with E-state index >= 15 is 0 Å². The lowest BCUT2D eigenvalue weighted by molar-refractivity contribution is -0.148. The van der Waals surface area contributed by atoms with Crippen LogP contribution in [0.1, 0.15) is 41.5 Å². The first kappa shape index (κ1) is 31.2. The van der Waals surface area contributed by atoms with Crippen LogP contribution >= 0.6 is 23.5 Å². The smallest absolute Gasteiger partial charge is 0.327 e. The monoisotopic (exact) mass is 518 g/mol. The van der Waals surface area contributed by atoms with Crippen LogP contribution < -0.4 is 0 Å². The number of carbonyl (C=O) groups is 3. The van der Waals surface area contributed by atoms with Crippen molar-refractivity contribution in [1.82, 2.24) is 0 Å². The third-order valence-electron chi connectivity index (χ3n) is 3.42. The molecule has 0 aromatic rings. The van der Waals surface area contributed by atoms with Crippen LogP contribution in [0.15, 0.2) is 0 Å². The maximum Gasteiger partial charge on any atom is 0.327 e. The van der Waals surface area contributed by atoms with Gasteiger partial charge in [0.05, 0.1) is 50.8 Å². The van der Waals surface area contributed by atoms with E-state index in [0.717, 1.165) is 0 Å². The van der Waals surface area contributed by atoms with Gasteiger partial charge < -0.3 is 23.3 Å². The van der Waals surface area contributed by atoms with Gasteiger partial charge in [-0.05, 0) is 34.6 Å². The molecule has 11 heteroatoms. The van der Waals surface area contributed by atoms with Crippen LogP contribution in [0.25, 0.3) is 0 Å². The number of hydrogen-bond donors (Lipinski definition) is 0. The standard InChI is InChI=1S/C13H25O7P.C6H11BrO2/c1-6-17-12(14)10(3)8-19-21(5,16)20-9-11(4)13(15)18-7-2;1-3-9-6(8)5(2)4-7/h10-11H,6-9H2,1-5H3;5H,3-4H2,1-2H3. The normalized spacial score (nSPS) is 15.5. The maximum absolute atomic E-state index is 12.0. The summed E-state index contributed by atoms with van der Waals surface area (Å²) in [6.07, 6.45) is 0. The predicted octanol–water partition coefficient (Wildman–Crippen LogP) is 3.82. The minimum Gasteiger partial charge on any atom is -0.466 e. The van der Waals surface area contributed by atoms with Gasteiger partial charge in [0.1, 0.15) is 0 Å². The molecule has 0 radical (unpaired) electrons. The first-order valence-corrected chi connectivity index (χ1v) is 13.0. The van der Waals surface area contributed by atoms with Gasteiger partial charge in [0.15, 0.2) is 0 Å². The molecule has 30 heavy (non-hydrogen) atoms. The van der Waals surface area contributed by atoms with Crippen LogP contribution in [0.3, 0.4) is 0 Å². The molecule has 0 saturated carbocycles. The average molecular weight is 519 g/mol. The molecule has 0 bridgehead atoms. The van der Waals surface area contributed by atoms with E-state index in [1.807, 2.05) is 6.92 Å². The van der Waals surface area contributed by atoms with Crippen LogP contribution in [0.4, 0.5) is 0 Å². The van der Waals surface area contributed by atoms with Crippen molar-refractivity contribution in [1.29, 1.82) is 0 Å². The Morgan fingerprint density at radius 2 is 1.03 bits per heavy atom. The topological polar surface area (TPSA) is 114 Å². The number of carbonyl (C=O) groups excluding carboxylic acids is 3. The van der Waals surface area contributed by atoms with E-state index in [1.54, 1.807) is 34.6 Å². The van der Waals surface area contributed by atoms with Crippen molar-refractivity contribution in [2.24, 2.45) is 17.8 Å². The Bertz CT molecular complexity index is 524. The van der Waals surface area contributed by atoms with Gasteiger partial charge in [0, 0.05) is 12.0 Å². The van der Waals surface area contributed by atoms with Crippen LogP contribution in [0, 0.1) is 17.8 Å². The number of alkyl halides is 1. The summed E-state index contributed by atoms with van der Waals surface area (Å²) >= 11 is 3.18. The van der Waals surface area contributed by atoms with E-state index in [9.17, 15) is 18.9 Å². The van der Waals surface area contributed by atoms with Crippen LogP contribution in [-0.4, -0.2) is 62.9 Å². The maximum atomic E-state index is 12.0. The summed E-state index contributed by atoms with van der Waals surface area (Å²) in [5, 5.41) is 0.672. The molecular weight excluding hydrogens is 483 g/mol. The Morgan fingerprint density at radius 3 is 1.30 bits per heavy atom. The number of halogens is 1. The van der Waals surface area contributed by atoms with Crippen molar-refractivity contribution < 1.29 is 42.2 Å². The molecule has 0 aromatic carbocycles. The van der Waals surface area contributed by atoms with Crippen LogP contribution in [-0.2, 0) is 42.2 Å². The molecule has 0 aliphatic rings. The second-order valence-corrected chi connectivity index (χ2v) is 9.18. The molecular formula is C19H36BrO9P. The fourth-order valence-corrected chi connectivity index (χ4v) is 2.91. The summed E-state index contributed by atoms with van der Waals surface area (Å²) in [6, 6.07) is 0. The van der Waals surface area contributed by atoms with Crippen LogP contribution in [0.5, 0.6) is 0 Å². The highest BCUT2D eigenvalue weighted by Crippen LogP contribution is 2.44. The minimum atomic E-state index is -3.33. The summed E-state index contributed by atoms with van der Waals surface area (Å²) in [5.41, 5.74) is 0. The second kappa shape index (κ2) is 17.7. The molecule has 3 atom stereocenters. The highest BCUT2D eigenvalue weighted by molar-refractivity contribution is 9.09. The van der Waals surface area contributed by atoms with Crippen molar-refractivity contribution in [3.8, 4) is 0 Å². The summed E-state index contributed by atoms with van der Waals surface area (Å²) in [7, 11) is -3.33. The quantitative estimate of drug-likeness (QED) is 0.155. The van der Waals surface area contributed by atoms with Gasteiger partial charge in [0.2, 0.25) is 0 Å². The molecule has 0 heterocycles. The zero-order chi connectivity index (χ0) is 23.7. The number of esters is 3. The molecule has 178 valence electrons. The first-order valence-electron chi connectivity index (χ1n) is 9.87. The molecule has 0 aromatic heterocycles. The van der Waals surface area contributed by atoms with E-state index in [-0.39, 0.29) is 38.3 Å². The van der Waals surface area contributed by atoms with E-state index in [2.05, 4.69) is 15.9 Å².